The van der Waals surface area contributed by atoms with Crippen LogP contribution in [-0.4, -0.2) is 25.8 Å². The Morgan fingerprint density at radius 1 is 1.37 bits per heavy atom. The Morgan fingerprint density at radius 3 is 2.53 bits per heavy atom. The summed E-state index contributed by atoms with van der Waals surface area (Å²) in [6, 6.07) is 8.72. The van der Waals surface area contributed by atoms with E-state index in [0.717, 1.165) is 0 Å². The van der Waals surface area contributed by atoms with Gasteiger partial charge < -0.3 is 0 Å². The standard InChI is InChI=1S/C13H17BrN2O2S/c1-11(2)10-16(9-5-8-15)19(17,18)13-7-4-3-6-12(13)14/h3-4,6-7,11H,5,9-10H2,1-2H3. The SMILES string of the molecule is CC(C)CN(CCC#N)S(=O)(=O)c1ccccc1Br. The molecule has 0 aliphatic heterocycles. The second kappa shape index (κ2) is 7.04. The number of hydrogen-bond donors (Lipinski definition) is 0. The fourth-order valence-electron chi connectivity index (χ4n) is 1.68. The van der Waals surface area contributed by atoms with Crippen LogP contribution in [0.2, 0.25) is 0 Å². The molecule has 0 aliphatic rings. The van der Waals surface area contributed by atoms with Crippen LogP contribution < -0.4 is 0 Å². The quantitative estimate of drug-likeness (QED) is 0.796. The van der Waals surface area contributed by atoms with Crippen molar-refractivity contribution >= 4 is 26.0 Å². The fraction of sp³-hybridized carbons (Fsp3) is 0.462. The van der Waals surface area contributed by atoms with Crippen LogP contribution in [0, 0.1) is 17.2 Å². The van der Waals surface area contributed by atoms with Gasteiger partial charge in [0.25, 0.3) is 0 Å². The van der Waals surface area contributed by atoms with E-state index >= 15 is 0 Å². The predicted molar refractivity (Wildman–Crippen MR) is 78.0 cm³/mol. The molecule has 19 heavy (non-hydrogen) atoms. The van der Waals surface area contributed by atoms with Gasteiger partial charge in [0.15, 0.2) is 0 Å². The van der Waals surface area contributed by atoms with Crippen molar-refractivity contribution in [2.24, 2.45) is 5.92 Å². The molecule has 6 heteroatoms. The van der Waals surface area contributed by atoms with Gasteiger partial charge in [-0.25, -0.2) is 8.42 Å². The molecule has 0 saturated carbocycles. The first-order valence-electron chi connectivity index (χ1n) is 6.01. The Labute approximate surface area is 123 Å². The first-order chi connectivity index (χ1) is 8.89. The molecule has 0 saturated heterocycles. The molecular formula is C13H17BrN2O2S. The molecule has 1 aromatic carbocycles. The van der Waals surface area contributed by atoms with E-state index in [4.69, 9.17) is 5.26 Å². The third-order valence-electron chi connectivity index (χ3n) is 2.50. The van der Waals surface area contributed by atoms with Crippen molar-refractivity contribution in [1.82, 2.24) is 4.31 Å². The number of nitriles is 1. The van der Waals surface area contributed by atoms with E-state index < -0.39 is 10.0 Å². The Morgan fingerprint density at radius 2 is 2.00 bits per heavy atom. The molecule has 0 aliphatic carbocycles. The maximum Gasteiger partial charge on any atom is 0.244 e. The summed E-state index contributed by atoms with van der Waals surface area (Å²) in [5.41, 5.74) is 0. The number of sulfonamides is 1. The minimum Gasteiger partial charge on any atom is -0.207 e. The highest BCUT2D eigenvalue weighted by Gasteiger charge is 2.26. The molecule has 0 amide bonds. The smallest absolute Gasteiger partial charge is 0.207 e. The number of rotatable bonds is 6. The van der Waals surface area contributed by atoms with Crippen LogP contribution in [0.3, 0.4) is 0 Å². The third kappa shape index (κ3) is 4.30. The molecule has 104 valence electrons. The highest BCUT2D eigenvalue weighted by Crippen LogP contribution is 2.25. The van der Waals surface area contributed by atoms with Crippen LogP contribution in [0.25, 0.3) is 0 Å². The lowest BCUT2D eigenvalue weighted by Crippen LogP contribution is -2.35. The number of hydrogen-bond acceptors (Lipinski definition) is 3. The zero-order valence-electron chi connectivity index (χ0n) is 11.0. The molecule has 0 aromatic heterocycles. The van der Waals surface area contributed by atoms with E-state index in [1.165, 1.54) is 4.31 Å². The monoisotopic (exact) mass is 344 g/mol. The molecular weight excluding hydrogens is 328 g/mol. The van der Waals surface area contributed by atoms with Crippen molar-refractivity contribution in [2.75, 3.05) is 13.1 Å². The van der Waals surface area contributed by atoms with Gasteiger partial charge in [0.1, 0.15) is 0 Å². The number of nitrogens with zero attached hydrogens (tertiary/aromatic N) is 2. The molecule has 0 bridgehead atoms. The summed E-state index contributed by atoms with van der Waals surface area (Å²) < 4.78 is 27.1. The van der Waals surface area contributed by atoms with Gasteiger partial charge in [-0.15, -0.1) is 0 Å². The predicted octanol–water partition coefficient (Wildman–Crippen LogP) is 3.01. The van der Waals surface area contributed by atoms with Gasteiger partial charge in [-0.3, -0.25) is 0 Å². The molecule has 0 heterocycles. The van der Waals surface area contributed by atoms with Crippen molar-refractivity contribution < 1.29 is 8.42 Å². The Hall–Kier alpha value is -0.900. The highest BCUT2D eigenvalue weighted by atomic mass is 79.9. The van der Waals surface area contributed by atoms with Gasteiger partial charge >= 0.3 is 0 Å². The van der Waals surface area contributed by atoms with Gasteiger partial charge in [0, 0.05) is 24.0 Å². The Balaban J connectivity index is 3.12. The van der Waals surface area contributed by atoms with Crippen molar-refractivity contribution in [3.05, 3.63) is 28.7 Å². The summed E-state index contributed by atoms with van der Waals surface area (Å²) in [6.07, 6.45) is 0.191. The zero-order chi connectivity index (χ0) is 14.5. The fourth-order valence-corrected chi connectivity index (χ4v) is 4.25. The molecule has 4 nitrogen and oxygen atoms in total. The average molecular weight is 345 g/mol. The summed E-state index contributed by atoms with van der Waals surface area (Å²) in [7, 11) is -3.56. The van der Waals surface area contributed by atoms with E-state index in [-0.39, 0.29) is 23.8 Å². The van der Waals surface area contributed by atoms with Gasteiger partial charge in [0.05, 0.1) is 11.0 Å². The summed E-state index contributed by atoms with van der Waals surface area (Å²) in [4.78, 5) is 0.244. The molecule has 0 spiro atoms. The molecule has 0 atom stereocenters. The van der Waals surface area contributed by atoms with E-state index in [1.807, 2.05) is 19.9 Å². The summed E-state index contributed by atoms with van der Waals surface area (Å²) >= 11 is 3.26. The minimum atomic E-state index is -3.56. The van der Waals surface area contributed by atoms with Crippen LogP contribution in [0.5, 0.6) is 0 Å². The number of halogens is 1. The van der Waals surface area contributed by atoms with Crippen molar-refractivity contribution in [3.63, 3.8) is 0 Å². The lowest BCUT2D eigenvalue weighted by molar-refractivity contribution is 0.372. The van der Waals surface area contributed by atoms with Gasteiger partial charge in [0.2, 0.25) is 10.0 Å². The number of benzene rings is 1. The molecule has 1 aromatic rings. The summed E-state index contributed by atoms with van der Waals surface area (Å²) in [5, 5.41) is 8.66. The first kappa shape index (κ1) is 16.2. The van der Waals surface area contributed by atoms with Gasteiger partial charge in [-0.05, 0) is 34.0 Å². The molecule has 0 fully saturated rings. The molecule has 0 N–H and O–H groups in total. The van der Waals surface area contributed by atoms with Crippen LogP contribution in [0.1, 0.15) is 20.3 Å². The third-order valence-corrected chi connectivity index (χ3v) is 5.37. The van der Waals surface area contributed by atoms with E-state index in [2.05, 4.69) is 15.9 Å². The maximum absolute atomic E-state index is 12.6. The highest BCUT2D eigenvalue weighted by molar-refractivity contribution is 9.10. The molecule has 0 radical (unpaired) electrons. The van der Waals surface area contributed by atoms with Gasteiger partial charge in [-0.2, -0.15) is 9.57 Å². The maximum atomic E-state index is 12.6. The van der Waals surface area contributed by atoms with Crippen molar-refractivity contribution in [1.29, 1.82) is 5.26 Å². The lowest BCUT2D eigenvalue weighted by Gasteiger charge is -2.23. The molecule has 0 unspecified atom stereocenters. The van der Waals surface area contributed by atoms with Crippen LogP contribution in [0.15, 0.2) is 33.6 Å². The molecule has 1 rings (SSSR count). The Kier molecular flexibility index (Phi) is 5.98. The van der Waals surface area contributed by atoms with E-state index in [1.54, 1.807) is 24.3 Å². The van der Waals surface area contributed by atoms with E-state index in [0.29, 0.717) is 11.0 Å². The topological polar surface area (TPSA) is 61.2 Å². The minimum absolute atomic E-state index is 0.191. The zero-order valence-corrected chi connectivity index (χ0v) is 13.4. The normalized spacial score (nSPS) is 11.8. The summed E-state index contributed by atoms with van der Waals surface area (Å²) in [6.45, 7) is 4.54. The second-order valence-corrected chi connectivity index (χ2v) is 7.36. The Bertz CT molecular complexity index is 564. The van der Waals surface area contributed by atoms with Crippen LogP contribution in [0.4, 0.5) is 0 Å². The lowest BCUT2D eigenvalue weighted by atomic mass is 10.2. The first-order valence-corrected chi connectivity index (χ1v) is 8.24. The average Bonchev–Trinajstić information content (AvgIpc) is 2.34. The van der Waals surface area contributed by atoms with E-state index in [9.17, 15) is 8.42 Å². The second-order valence-electron chi connectivity index (χ2n) is 4.60. The van der Waals surface area contributed by atoms with Crippen molar-refractivity contribution in [2.45, 2.75) is 25.2 Å². The largest absolute Gasteiger partial charge is 0.244 e. The summed E-state index contributed by atoms with van der Waals surface area (Å²) in [5.74, 6) is 0.205. The van der Waals surface area contributed by atoms with Gasteiger partial charge in [-0.1, -0.05) is 26.0 Å². The van der Waals surface area contributed by atoms with Crippen LogP contribution in [-0.2, 0) is 10.0 Å². The van der Waals surface area contributed by atoms with Crippen LogP contribution >= 0.6 is 15.9 Å². The van der Waals surface area contributed by atoms with Crippen molar-refractivity contribution in [3.8, 4) is 6.07 Å².